The van der Waals surface area contributed by atoms with Crippen LogP contribution in [0.15, 0.2) is 18.2 Å². The summed E-state index contributed by atoms with van der Waals surface area (Å²) in [7, 11) is -4.19. The second-order valence-electron chi connectivity index (χ2n) is 2.74. The summed E-state index contributed by atoms with van der Waals surface area (Å²) in [6, 6.07) is 3.24. The Bertz CT molecular complexity index is 408. The maximum Gasteiger partial charge on any atom is 0.265 e. The second-order valence-corrected chi connectivity index (χ2v) is 4.31. The molecule has 0 saturated heterocycles. The van der Waals surface area contributed by atoms with Crippen LogP contribution in [0.2, 0.25) is 0 Å². The molecule has 0 aliphatic rings. The van der Waals surface area contributed by atoms with Crippen LogP contribution in [0.4, 0.5) is 8.78 Å². The largest absolute Gasteiger partial charge is 0.286 e. The summed E-state index contributed by atoms with van der Waals surface area (Å²) in [5, 5.41) is 0. The molecule has 3 nitrogen and oxygen atoms in total. The highest BCUT2D eigenvalue weighted by Crippen LogP contribution is 2.12. The zero-order chi connectivity index (χ0) is 10.8. The number of benzene rings is 1. The average Bonchev–Trinajstić information content (AvgIpc) is 2.01. The summed E-state index contributed by atoms with van der Waals surface area (Å²) in [4.78, 5) is 0. The normalized spacial score (nSPS) is 11.6. The fraction of sp³-hybridized carbons (Fsp3) is 0.250. The zero-order valence-corrected chi connectivity index (χ0v) is 7.89. The summed E-state index contributed by atoms with van der Waals surface area (Å²) in [5.74, 6) is -2.31. The van der Waals surface area contributed by atoms with E-state index in [0.29, 0.717) is 0 Å². The first-order valence-electron chi connectivity index (χ1n) is 3.78. The van der Waals surface area contributed by atoms with Crippen LogP contribution in [0, 0.1) is 11.6 Å². The van der Waals surface area contributed by atoms with Crippen molar-refractivity contribution in [2.24, 2.45) is 0 Å². The summed E-state index contributed by atoms with van der Waals surface area (Å²) in [5.41, 5.74) is -0.329. The Balaban J connectivity index is 2.87. The predicted octanol–water partition coefficient (Wildman–Crippen LogP) is 1.40. The van der Waals surface area contributed by atoms with Crippen molar-refractivity contribution < 1.29 is 21.8 Å². The van der Waals surface area contributed by atoms with Gasteiger partial charge in [-0.1, -0.05) is 6.07 Å². The first-order chi connectivity index (χ1) is 6.40. The van der Waals surface area contributed by atoms with Crippen LogP contribution in [0.3, 0.4) is 0 Å². The van der Waals surface area contributed by atoms with Crippen molar-refractivity contribution in [3.63, 3.8) is 0 Å². The molecule has 0 amide bonds. The molecular formula is C8H8F2O3S. The van der Waals surface area contributed by atoms with E-state index in [0.717, 1.165) is 12.1 Å². The minimum absolute atomic E-state index is 0.329. The summed E-state index contributed by atoms with van der Waals surface area (Å²) >= 11 is 0. The molecule has 1 aromatic carbocycles. The van der Waals surface area contributed by atoms with Gasteiger partial charge < -0.3 is 0 Å². The van der Waals surface area contributed by atoms with E-state index in [1.807, 2.05) is 0 Å². The number of halogens is 2. The molecule has 14 heavy (non-hydrogen) atoms. The molecule has 0 aromatic heterocycles. The molecule has 0 atom stereocenters. The van der Waals surface area contributed by atoms with Gasteiger partial charge in [0.25, 0.3) is 10.1 Å². The van der Waals surface area contributed by atoms with Crippen LogP contribution >= 0.6 is 0 Å². The van der Waals surface area contributed by atoms with Crippen LogP contribution in [0.5, 0.6) is 0 Å². The van der Waals surface area contributed by atoms with Gasteiger partial charge in [-0.05, 0) is 18.6 Å². The van der Waals surface area contributed by atoms with Crippen molar-refractivity contribution in [2.75, 3.05) is 5.75 Å². The van der Waals surface area contributed by atoms with Gasteiger partial charge in [0.1, 0.15) is 11.6 Å². The highest BCUT2D eigenvalue weighted by molar-refractivity contribution is 7.85. The lowest BCUT2D eigenvalue weighted by Gasteiger charge is -2.02. The molecular weight excluding hydrogens is 214 g/mol. The average molecular weight is 222 g/mol. The van der Waals surface area contributed by atoms with Crippen molar-refractivity contribution in [3.05, 3.63) is 35.4 Å². The third-order valence-corrected chi connectivity index (χ3v) is 2.39. The Morgan fingerprint density at radius 2 is 1.71 bits per heavy atom. The molecule has 0 radical (unpaired) electrons. The van der Waals surface area contributed by atoms with Crippen LogP contribution < -0.4 is 0 Å². The smallest absolute Gasteiger partial charge is 0.265 e. The van der Waals surface area contributed by atoms with Crippen molar-refractivity contribution in [3.8, 4) is 0 Å². The lowest BCUT2D eigenvalue weighted by atomic mass is 10.1. The quantitative estimate of drug-likeness (QED) is 0.786. The fourth-order valence-corrected chi connectivity index (χ4v) is 1.46. The third-order valence-electron chi connectivity index (χ3n) is 1.67. The first kappa shape index (κ1) is 11.1. The molecule has 0 saturated carbocycles. The second kappa shape index (κ2) is 4.02. The molecule has 0 aliphatic heterocycles. The van der Waals surface area contributed by atoms with E-state index in [4.69, 9.17) is 4.55 Å². The molecule has 0 aliphatic carbocycles. The topological polar surface area (TPSA) is 54.4 Å². The number of hydrogen-bond acceptors (Lipinski definition) is 2. The Kier molecular flexibility index (Phi) is 3.17. The van der Waals surface area contributed by atoms with Crippen molar-refractivity contribution in [1.29, 1.82) is 0 Å². The third kappa shape index (κ3) is 3.04. The van der Waals surface area contributed by atoms with E-state index in [1.165, 1.54) is 6.07 Å². The SMILES string of the molecule is O=S(=O)(O)CCc1c(F)cccc1F. The molecule has 6 heteroatoms. The Hall–Kier alpha value is -1.01. The van der Waals surface area contributed by atoms with Crippen LogP contribution in [-0.2, 0) is 16.5 Å². The van der Waals surface area contributed by atoms with Crippen molar-refractivity contribution in [1.82, 2.24) is 0 Å². The van der Waals surface area contributed by atoms with E-state index in [2.05, 4.69) is 0 Å². The minimum atomic E-state index is -4.19. The first-order valence-corrected chi connectivity index (χ1v) is 5.39. The van der Waals surface area contributed by atoms with E-state index in [-0.39, 0.29) is 12.0 Å². The maximum atomic E-state index is 12.9. The van der Waals surface area contributed by atoms with Crippen LogP contribution in [0.25, 0.3) is 0 Å². The predicted molar refractivity (Wildman–Crippen MR) is 46.5 cm³/mol. The lowest BCUT2D eigenvalue weighted by molar-refractivity contribution is 0.481. The van der Waals surface area contributed by atoms with Crippen LogP contribution in [-0.4, -0.2) is 18.7 Å². The van der Waals surface area contributed by atoms with Gasteiger partial charge in [-0.3, -0.25) is 4.55 Å². The maximum absolute atomic E-state index is 12.9. The molecule has 0 bridgehead atoms. The van der Waals surface area contributed by atoms with E-state index in [9.17, 15) is 17.2 Å². The van der Waals surface area contributed by atoms with Gasteiger partial charge in [-0.15, -0.1) is 0 Å². The van der Waals surface area contributed by atoms with Crippen molar-refractivity contribution in [2.45, 2.75) is 6.42 Å². The Morgan fingerprint density at radius 1 is 1.21 bits per heavy atom. The van der Waals surface area contributed by atoms with Gasteiger partial charge in [0.15, 0.2) is 0 Å². The van der Waals surface area contributed by atoms with E-state index < -0.39 is 27.5 Å². The summed E-state index contributed by atoms with van der Waals surface area (Å²) < 4.78 is 54.9. The monoisotopic (exact) mass is 222 g/mol. The number of hydrogen-bond donors (Lipinski definition) is 1. The van der Waals surface area contributed by atoms with Gasteiger partial charge in [0.05, 0.1) is 5.75 Å². The van der Waals surface area contributed by atoms with Gasteiger partial charge in [-0.2, -0.15) is 8.42 Å². The molecule has 1 rings (SSSR count). The Morgan fingerprint density at radius 3 is 2.14 bits per heavy atom. The fourth-order valence-electron chi connectivity index (χ4n) is 1.00. The standard InChI is InChI=1S/C8H8F2O3S/c9-7-2-1-3-8(10)6(7)4-5-14(11,12)13/h1-3H,4-5H2,(H,11,12,13). The molecule has 1 aromatic rings. The molecule has 0 heterocycles. The minimum Gasteiger partial charge on any atom is -0.286 e. The van der Waals surface area contributed by atoms with E-state index >= 15 is 0 Å². The van der Waals surface area contributed by atoms with Crippen molar-refractivity contribution >= 4 is 10.1 Å². The molecule has 78 valence electrons. The Labute approximate surface area is 80.1 Å². The highest BCUT2D eigenvalue weighted by Gasteiger charge is 2.12. The summed E-state index contributed by atoms with van der Waals surface area (Å²) in [6.07, 6.45) is -0.378. The van der Waals surface area contributed by atoms with Crippen LogP contribution in [0.1, 0.15) is 5.56 Å². The zero-order valence-electron chi connectivity index (χ0n) is 7.07. The molecule has 0 fully saturated rings. The van der Waals surface area contributed by atoms with Gasteiger partial charge in [-0.25, -0.2) is 8.78 Å². The highest BCUT2D eigenvalue weighted by atomic mass is 32.2. The molecule has 0 unspecified atom stereocenters. The lowest BCUT2D eigenvalue weighted by Crippen LogP contribution is -2.09. The van der Waals surface area contributed by atoms with E-state index in [1.54, 1.807) is 0 Å². The number of rotatable bonds is 3. The van der Waals surface area contributed by atoms with Gasteiger partial charge >= 0.3 is 0 Å². The van der Waals surface area contributed by atoms with Gasteiger partial charge in [0.2, 0.25) is 0 Å². The molecule has 0 spiro atoms. The molecule has 1 N–H and O–H groups in total. The summed E-state index contributed by atoms with van der Waals surface area (Å²) in [6.45, 7) is 0. The van der Waals surface area contributed by atoms with Gasteiger partial charge in [0, 0.05) is 5.56 Å².